The molecule has 0 radical (unpaired) electrons. The number of nitrogens with two attached hydrogens (primary N) is 2. The molecule has 0 bridgehead atoms. The summed E-state index contributed by atoms with van der Waals surface area (Å²) >= 11 is 0. The van der Waals surface area contributed by atoms with E-state index in [4.69, 9.17) is 11.5 Å². The van der Waals surface area contributed by atoms with Crippen LogP contribution >= 0.6 is 0 Å². The Kier molecular flexibility index (Phi) is 5.74. The zero-order chi connectivity index (χ0) is 18.7. The fraction of sp³-hybridized carbons (Fsp3) is 0.500. The van der Waals surface area contributed by atoms with Gasteiger partial charge in [0.05, 0.1) is 5.69 Å². The van der Waals surface area contributed by atoms with E-state index in [1.807, 2.05) is 12.1 Å². The molecular weight excluding hydrogens is 326 g/mol. The van der Waals surface area contributed by atoms with E-state index in [9.17, 15) is 4.79 Å². The second-order valence-corrected chi connectivity index (χ2v) is 7.34. The molecule has 0 aliphatic heterocycles. The van der Waals surface area contributed by atoms with Gasteiger partial charge in [0.2, 0.25) is 0 Å². The van der Waals surface area contributed by atoms with Crippen LogP contribution in [0.25, 0.3) is 5.69 Å². The predicted molar refractivity (Wildman–Crippen MR) is 105 cm³/mol. The number of nitrogen functional groups attached to an aromatic ring is 1. The van der Waals surface area contributed by atoms with Crippen molar-refractivity contribution in [2.75, 3.05) is 12.3 Å². The molecule has 1 aliphatic carbocycles. The van der Waals surface area contributed by atoms with Crippen molar-refractivity contribution in [2.45, 2.75) is 51.7 Å². The monoisotopic (exact) mass is 355 g/mol. The highest BCUT2D eigenvalue weighted by molar-refractivity contribution is 5.36. The number of hydrogen-bond donors (Lipinski definition) is 2. The Morgan fingerprint density at radius 3 is 2.58 bits per heavy atom. The molecular formula is C20H29N5O. The number of rotatable bonds is 5. The van der Waals surface area contributed by atoms with E-state index in [1.165, 1.54) is 23.0 Å². The van der Waals surface area contributed by atoms with Gasteiger partial charge in [0, 0.05) is 24.8 Å². The van der Waals surface area contributed by atoms with E-state index in [0.29, 0.717) is 18.0 Å². The Labute approximate surface area is 154 Å². The molecule has 4 N–H and O–H groups in total. The van der Waals surface area contributed by atoms with Crippen molar-refractivity contribution >= 4 is 5.82 Å². The lowest BCUT2D eigenvalue weighted by Crippen LogP contribution is -2.44. The number of hydrogen-bond acceptors (Lipinski definition) is 5. The lowest BCUT2D eigenvalue weighted by atomic mass is 9.82. The third-order valence-corrected chi connectivity index (χ3v) is 5.56. The summed E-state index contributed by atoms with van der Waals surface area (Å²) in [6.07, 6.45) is 5.10. The summed E-state index contributed by atoms with van der Waals surface area (Å²) in [4.78, 5) is 18.3. The van der Waals surface area contributed by atoms with Crippen molar-refractivity contribution in [3.63, 3.8) is 0 Å². The van der Waals surface area contributed by atoms with Crippen LogP contribution in [0.1, 0.15) is 38.7 Å². The Morgan fingerprint density at radius 2 is 1.96 bits per heavy atom. The lowest BCUT2D eigenvalue weighted by molar-refractivity contribution is 0.123. The van der Waals surface area contributed by atoms with Crippen molar-refractivity contribution in [3.05, 3.63) is 52.6 Å². The zero-order valence-electron chi connectivity index (χ0n) is 15.6. The molecule has 0 spiro atoms. The second kappa shape index (κ2) is 8.01. The largest absolute Gasteiger partial charge is 0.383 e. The normalized spacial score (nSPS) is 23.3. The molecule has 1 aromatic carbocycles. The van der Waals surface area contributed by atoms with E-state index >= 15 is 0 Å². The molecule has 1 saturated carbocycles. The average Bonchev–Trinajstić information content (AvgIpc) is 2.63. The molecule has 6 nitrogen and oxygen atoms in total. The molecule has 2 aromatic rings. The number of nitrogens with zero attached hydrogens (tertiary/aromatic N) is 3. The SMILES string of the molecule is CCN(Cc1ccc(-n2ccc(N)nc2=O)cc1)[C@H]1CCC(N)C(C)C1. The van der Waals surface area contributed by atoms with Gasteiger partial charge in [-0.1, -0.05) is 26.0 Å². The first-order valence-electron chi connectivity index (χ1n) is 9.42. The molecule has 1 aromatic heterocycles. The molecule has 1 heterocycles. The second-order valence-electron chi connectivity index (χ2n) is 7.34. The van der Waals surface area contributed by atoms with Crippen LogP contribution in [-0.4, -0.2) is 33.1 Å². The summed E-state index contributed by atoms with van der Waals surface area (Å²) < 4.78 is 1.50. The van der Waals surface area contributed by atoms with Crippen LogP contribution in [0.15, 0.2) is 41.3 Å². The first-order valence-corrected chi connectivity index (χ1v) is 9.42. The fourth-order valence-electron chi connectivity index (χ4n) is 3.83. The number of aromatic nitrogens is 2. The minimum Gasteiger partial charge on any atom is -0.383 e. The first-order chi connectivity index (χ1) is 12.5. The Morgan fingerprint density at radius 1 is 1.23 bits per heavy atom. The van der Waals surface area contributed by atoms with Gasteiger partial charge in [0.15, 0.2) is 0 Å². The maximum Gasteiger partial charge on any atom is 0.354 e. The van der Waals surface area contributed by atoms with Gasteiger partial charge >= 0.3 is 5.69 Å². The topological polar surface area (TPSA) is 90.2 Å². The summed E-state index contributed by atoms with van der Waals surface area (Å²) in [6.45, 7) is 6.42. The summed E-state index contributed by atoms with van der Waals surface area (Å²) in [5.74, 6) is 0.818. The van der Waals surface area contributed by atoms with E-state index in [-0.39, 0.29) is 11.5 Å². The molecule has 3 atom stereocenters. The third-order valence-electron chi connectivity index (χ3n) is 5.56. The standard InChI is InChI=1S/C20H29N5O/c1-3-24(17-8-9-18(21)14(2)12-17)13-15-4-6-16(7-5-15)25-11-10-19(22)23-20(25)26/h4-7,10-11,14,17-18H,3,8-9,12-13,21H2,1-2H3,(H2,22,23,26)/t14?,17-,18?/m0/s1. The number of anilines is 1. The van der Waals surface area contributed by atoms with Crippen LogP contribution in [-0.2, 0) is 6.54 Å². The summed E-state index contributed by atoms with van der Waals surface area (Å²) in [7, 11) is 0. The molecule has 2 unspecified atom stereocenters. The molecule has 0 amide bonds. The van der Waals surface area contributed by atoms with Crippen LogP contribution in [0.3, 0.4) is 0 Å². The Bertz CT molecular complexity index is 786. The highest BCUT2D eigenvalue weighted by Crippen LogP contribution is 2.27. The highest BCUT2D eigenvalue weighted by Gasteiger charge is 2.28. The van der Waals surface area contributed by atoms with Crippen LogP contribution in [0.5, 0.6) is 0 Å². The minimum absolute atomic E-state index is 0.239. The number of benzene rings is 1. The van der Waals surface area contributed by atoms with E-state index in [0.717, 1.165) is 25.2 Å². The summed E-state index contributed by atoms with van der Waals surface area (Å²) in [5.41, 5.74) is 13.4. The first kappa shape index (κ1) is 18.6. The van der Waals surface area contributed by atoms with E-state index in [1.54, 1.807) is 12.3 Å². The zero-order valence-corrected chi connectivity index (χ0v) is 15.6. The van der Waals surface area contributed by atoms with Gasteiger partial charge in [-0.05, 0) is 55.5 Å². The smallest absolute Gasteiger partial charge is 0.354 e. The van der Waals surface area contributed by atoms with Crippen LogP contribution in [0, 0.1) is 5.92 Å². The van der Waals surface area contributed by atoms with Crippen LogP contribution in [0.4, 0.5) is 5.82 Å². The van der Waals surface area contributed by atoms with Crippen molar-refractivity contribution in [3.8, 4) is 5.69 Å². The maximum absolute atomic E-state index is 12.0. The van der Waals surface area contributed by atoms with Crippen LogP contribution in [0.2, 0.25) is 0 Å². The van der Waals surface area contributed by atoms with Crippen molar-refractivity contribution < 1.29 is 0 Å². The fourth-order valence-corrected chi connectivity index (χ4v) is 3.83. The van der Waals surface area contributed by atoms with Gasteiger partial charge in [0.1, 0.15) is 5.82 Å². The van der Waals surface area contributed by atoms with Gasteiger partial charge in [-0.2, -0.15) is 4.98 Å². The van der Waals surface area contributed by atoms with E-state index < -0.39 is 0 Å². The molecule has 6 heteroatoms. The highest BCUT2D eigenvalue weighted by atomic mass is 16.1. The van der Waals surface area contributed by atoms with Gasteiger partial charge < -0.3 is 11.5 Å². The quantitative estimate of drug-likeness (QED) is 0.858. The third kappa shape index (κ3) is 4.14. The van der Waals surface area contributed by atoms with Gasteiger partial charge in [-0.25, -0.2) is 4.79 Å². The van der Waals surface area contributed by atoms with E-state index in [2.05, 4.69) is 35.9 Å². The Balaban J connectivity index is 1.71. The molecule has 1 aliphatic rings. The van der Waals surface area contributed by atoms with Crippen LogP contribution < -0.4 is 17.2 Å². The van der Waals surface area contributed by atoms with Gasteiger partial charge in [0.25, 0.3) is 0 Å². The predicted octanol–water partition coefficient (Wildman–Crippen LogP) is 2.15. The van der Waals surface area contributed by atoms with Gasteiger partial charge in [-0.15, -0.1) is 0 Å². The molecule has 3 rings (SSSR count). The lowest BCUT2D eigenvalue weighted by Gasteiger charge is -2.38. The molecule has 26 heavy (non-hydrogen) atoms. The summed E-state index contributed by atoms with van der Waals surface area (Å²) in [6, 6.07) is 10.7. The van der Waals surface area contributed by atoms with Crippen molar-refractivity contribution in [1.29, 1.82) is 0 Å². The van der Waals surface area contributed by atoms with Crippen molar-refractivity contribution in [2.24, 2.45) is 11.7 Å². The summed E-state index contributed by atoms with van der Waals surface area (Å²) in [5, 5.41) is 0. The maximum atomic E-state index is 12.0. The minimum atomic E-state index is -0.361. The molecule has 140 valence electrons. The molecule has 0 saturated heterocycles. The Hall–Kier alpha value is -2.18. The van der Waals surface area contributed by atoms with Gasteiger partial charge in [-0.3, -0.25) is 9.47 Å². The molecule has 1 fully saturated rings. The average molecular weight is 355 g/mol. The van der Waals surface area contributed by atoms with Crippen molar-refractivity contribution in [1.82, 2.24) is 14.5 Å².